The number of aryl methyl sites for hydroxylation is 1. The minimum Gasteiger partial charge on any atom is -0.337 e. The van der Waals surface area contributed by atoms with Crippen LogP contribution >= 0.6 is 12.2 Å². The lowest BCUT2D eigenvalue weighted by Gasteiger charge is -2.08. The molecule has 0 unspecified atom stereocenters. The predicted molar refractivity (Wildman–Crippen MR) is 63.4 cm³/mol. The molecule has 0 aliphatic rings. The van der Waals surface area contributed by atoms with E-state index in [0.717, 1.165) is 17.0 Å². The molecule has 0 spiro atoms. The van der Waals surface area contributed by atoms with E-state index in [4.69, 9.17) is 18.1 Å². The number of hydrogen-bond acceptors (Lipinski definition) is 3. The van der Waals surface area contributed by atoms with Gasteiger partial charge in [0.05, 0.1) is 5.69 Å². The molecule has 2 N–H and O–H groups in total. The molecule has 0 saturated heterocycles. The number of rotatable bonds is 1. The van der Waals surface area contributed by atoms with Gasteiger partial charge < -0.3 is 5.84 Å². The van der Waals surface area contributed by atoms with Crippen LogP contribution in [-0.2, 0) is 0 Å². The first-order valence-electron chi connectivity index (χ1n) is 4.59. The van der Waals surface area contributed by atoms with E-state index in [2.05, 4.69) is 4.98 Å². The molecule has 0 saturated carbocycles. The van der Waals surface area contributed by atoms with Crippen molar-refractivity contribution in [2.24, 2.45) is 0 Å². The van der Waals surface area contributed by atoms with Gasteiger partial charge in [-0.05, 0) is 25.2 Å². The van der Waals surface area contributed by atoms with Crippen molar-refractivity contribution in [3.05, 3.63) is 46.9 Å². The fraction of sp³-hybridized carbons (Fsp3) is 0.0909. The lowest BCUT2D eigenvalue weighted by Crippen LogP contribution is -2.15. The molecular weight excluding hydrogens is 206 g/mol. The lowest BCUT2D eigenvalue weighted by molar-refractivity contribution is 0.903. The van der Waals surface area contributed by atoms with E-state index in [1.54, 1.807) is 0 Å². The maximum Gasteiger partial charge on any atom is 0.218 e. The lowest BCUT2D eigenvalue weighted by atomic mass is 10.1. The van der Waals surface area contributed by atoms with Gasteiger partial charge in [-0.2, -0.15) is 0 Å². The van der Waals surface area contributed by atoms with Crippen LogP contribution in [0.15, 0.2) is 36.4 Å². The molecule has 3 nitrogen and oxygen atoms in total. The van der Waals surface area contributed by atoms with E-state index in [0.29, 0.717) is 4.77 Å². The van der Waals surface area contributed by atoms with Crippen molar-refractivity contribution in [3.8, 4) is 11.3 Å². The molecule has 4 heteroatoms. The molecule has 15 heavy (non-hydrogen) atoms. The first-order valence-corrected chi connectivity index (χ1v) is 5.00. The van der Waals surface area contributed by atoms with Crippen molar-refractivity contribution < 1.29 is 0 Å². The largest absolute Gasteiger partial charge is 0.337 e. The Labute approximate surface area is 93.2 Å². The van der Waals surface area contributed by atoms with Crippen LogP contribution in [0.2, 0.25) is 0 Å². The summed E-state index contributed by atoms with van der Waals surface area (Å²) in [5.41, 5.74) is 2.80. The van der Waals surface area contributed by atoms with Gasteiger partial charge in [0, 0.05) is 11.3 Å². The van der Waals surface area contributed by atoms with Gasteiger partial charge >= 0.3 is 0 Å². The summed E-state index contributed by atoms with van der Waals surface area (Å²) < 4.78 is 1.83. The zero-order valence-electron chi connectivity index (χ0n) is 8.34. The number of aromatic nitrogens is 2. The number of nitrogens with zero attached hydrogens (tertiary/aromatic N) is 2. The van der Waals surface area contributed by atoms with Crippen LogP contribution in [0.1, 0.15) is 5.69 Å². The van der Waals surface area contributed by atoms with Gasteiger partial charge in [0.15, 0.2) is 0 Å². The molecule has 0 aliphatic heterocycles. The minimum atomic E-state index is 0.397. The highest BCUT2D eigenvalue weighted by atomic mass is 32.1. The Bertz CT molecular complexity index is 531. The summed E-state index contributed by atoms with van der Waals surface area (Å²) in [7, 11) is 0. The van der Waals surface area contributed by atoms with E-state index in [9.17, 15) is 0 Å². The topological polar surface area (TPSA) is 43.8 Å². The summed E-state index contributed by atoms with van der Waals surface area (Å²) in [4.78, 5) is 4.11. The van der Waals surface area contributed by atoms with Gasteiger partial charge in [-0.1, -0.05) is 30.3 Å². The SMILES string of the molecule is Cc1cc(-c2ccccc2)n(N)c(=S)n1. The highest BCUT2D eigenvalue weighted by Crippen LogP contribution is 2.17. The third-order valence-electron chi connectivity index (χ3n) is 2.15. The van der Waals surface area contributed by atoms with Crippen LogP contribution in [0.3, 0.4) is 0 Å². The third kappa shape index (κ3) is 1.89. The normalized spacial score (nSPS) is 10.2. The summed E-state index contributed by atoms with van der Waals surface area (Å²) in [5.74, 6) is 5.83. The van der Waals surface area contributed by atoms with E-state index in [1.807, 2.05) is 43.3 Å². The predicted octanol–water partition coefficient (Wildman–Crippen LogP) is 2.30. The van der Waals surface area contributed by atoms with Crippen molar-refractivity contribution in [1.29, 1.82) is 0 Å². The molecule has 0 amide bonds. The minimum absolute atomic E-state index is 0.397. The van der Waals surface area contributed by atoms with Gasteiger partial charge in [0.2, 0.25) is 4.77 Å². The number of nitrogens with two attached hydrogens (primary N) is 1. The summed E-state index contributed by atoms with van der Waals surface area (Å²) in [6, 6.07) is 11.8. The van der Waals surface area contributed by atoms with Crippen LogP contribution in [0.4, 0.5) is 0 Å². The molecule has 1 aromatic carbocycles. The quantitative estimate of drug-likeness (QED) is 0.589. The molecule has 0 atom stereocenters. The highest BCUT2D eigenvalue weighted by Gasteiger charge is 2.03. The first kappa shape index (κ1) is 9.86. The average Bonchev–Trinajstić information content (AvgIpc) is 2.24. The molecule has 76 valence electrons. The van der Waals surface area contributed by atoms with Crippen LogP contribution < -0.4 is 5.84 Å². The molecule has 1 heterocycles. The summed E-state index contributed by atoms with van der Waals surface area (Å²) in [6.45, 7) is 1.90. The van der Waals surface area contributed by atoms with E-state index < -0.39 is 0 Å². The van der Waals surface area contributed by atoms with E-state index in [-0.39, 0.29) is 0 Å². The second-order valence-electron chi connectivity index (χ2n) is 3.30. The standard InChI is InChI=1S/C11H11N3S/c1-8-7-10(14(12)11(15)13-8)9-5-3-2-4-6-9/h2-7H,12H2,1H3. The summed E-state index contributed by atoms with van der Waals surface area (Å²) in [5, 5.41) is 0. The zero-order valence-corrected chi connectivity index (χ0v) is 9.16. The van der Waals surface area contributed by atoms with Crippen molar-refractivity contribution in [3.63, 3.8) is 0 Å². The Balaban J connectivity index is 2.68. The van der Waals surface area contributed by atoms with Crippen molar-refractivity contribution in [2.45, 2.75) is 6.92 Å². The monoisotopic (exact) mass is 217 g/mol. The van der Waals surface area contributed by atoms with E-state index in [1.165, 1.54) is 4.68 Å². The van der Waals surface area contributed by atoms with Crippen molar-refractivity contribution in [2.75, 3.05) is 5.84 Å². The molecule has 0 bridgehead atoms. The van der Waals surface area contributed by atoms with Gasteiger partial charge in [-0.15, -0.1) is 0 Å². The smallest absolute Gasteiger partial charge is 0.218 e. The summed E-state index contributed by atoms with van der Waals surface area (Å²) >= 11 is 5.06. The maximum atomic E-state index is 5.83. The average molecular weight is 217 g/mol. The van der Waals surface area contributed by atoms with Gasteiger partial charge in [0.1, 0.15) is 0 Å². The fourth-order valence-electron chi connectivity index (χ4n) is 1.44. The highest BCUT2D eigenvalue weighted by molar-refractivity contribution is 7.71. The molecule has 0 fully saturated rings. The van der Waals surface area contributed by atoms with Gasteiger partial charge in [-0.3, -0.25) is 0 Å². The van der Waals surface area contributed by atoms with Crippen LogP contribution in [-0.4, -0.2) is 9.66 Å². The molecule has 0 radical (unpaired) electrons. The van der Waals surface area contributed by atoms with Gasteiger partial charge in [0.25, 0.3) is 0 Å². The van der Waals surface area contributed by atoms with Crippen LogP contribution in [0, 0.1) is 11.7 Å². The summed E-state index contributed by atoms with van der Waals surface area (Å²) in [6.07, 6.45) is 0. The Morgan fingerprint density at radius 2 is 1.93 bits per heavy atom. The van der Waals surface area contributed by atoms with Crippen molar-refractivity contribution >= 4 is 12.2 Å². The Morgan fingerprint density at radius 3 is 2.60 bits per heavy atom. The molecule has 2 aromatic rings. The van der Waals surface area contributed by atoms with Gasteiger partial charge in [-0.25, -0.2) is 9.66 Å². The second kappa shape index (κ2) is 3.82. The number of benzene rings is 1. The Hall–Kier alpha value is -1.68. The maximum absolute atomic E-state index is 5.83. The third-order valence-corrected chi connectivity index (χ3v) is 2.44. The van der Waals surface area contributed by atoms with Crippen LogP contribution in [0.5, 0.6) is 0 Å². The molecule has 0 aliphatic carbocycles. The second-order valence-corrected chi connectivity index (χ2v) is 3.67. The van der Waals surface area contributed by atoms with Crippen molar-refractivity contribution in [1.82, 2.24) is 9.66 Å². The number of nitrogen functional groups attached to an aromatic ring is 1. The van der Waals surface area contributed by atoms with Crippen LogP contribution in [0.25, 0.3) is 11.3 Å². The number of hydrogen-bond donors (Lipinski definition) is 1. The zero-order chi connectivity index (χ0) is 10.8. The fourth-order valence-corrected chi connectivity index (χ4v) is 1.68. The van der Waals surface area contributed by atoms with E-state index >= 15 is 0 Å². The molecular formula is C11H11N3S. The Morgan fingerprint density at radius 1 is 1.27 bits per heavy atom. The Kier molecular flexibility index (Phi) is 2.51. The first-order chi connectivity index (χ1) is 7.18. The molecule has 2 rings (SSSR count). The molecule has 1 aromatic heterocycles.